The first-order valence-corrected chi connectivity index (χ1v) is 3.71. The van der Waals surface area contributed by atoms with Crippen LogP contribution in [0.25, 0.3) is 0 Å². The van der Waals surface area contributed by atoms with Gasteiger partial charge in [-0.2, -0.15) is 5.26 Å². The maximum Gasteiger partial charge on any atom is 0.185 e. The minimum atomic E-state index is -0.275. The number of halogens is 1. The molecule has 0 heterocycles. The second-order valence-electron chi connectivity index (χ2n) is 1.73. The summed E-state index contributed by atoms with van der Waals surface area (Å²) in [6.07, 6.45) is 0. The Morgan fingerprint density at radius 1 is 1.80 bits per heavy atom. The molecule has 0 amide bonds. The molecule has 0 rings (SSSR count). The molecule has 4 heteroatoms. The zero-order valence-corrected chi connectivity index (χ0v) is 7.10. The van der Waals surface area contributed by atoms with Crippen molar-refractivity contribution in [1.82, 2.24) is 0 Å². The molecule has 3 nitrogen and oxygen atoms in total. The fourth-order valence-corrected chi connectivity index (χ4v) is 0.718. The largest absolute Gasteiger partial charge is 0.401 e. The number of rotatable bonds is 2. The third kappa shape index (κ3) is 2.19. The summed E-state index contributed by atoms with van der Waals surface area (Å²) in [5, 5.41) is 8.51. The van der Waals surface area contributed by atoms with Crippen LogP contribution in [0, 0.1) is 11.3 Å². The summed E-state index contributed by atoms with van der Waals surface area (Å²) >= 11 is 2.93. The van der Waals surface area contributed by atoms with E-state index in [9.17, 15) is 4.79 Å². The van der Waals surface area contributed by atoms with Crippen LogP contribution in [0.15, 0.2) is 11.3 Å². The molecule has 0 aromatic carbocycles. The van der Waals surface area contributed by atoms with Crippen molar-refractivity contribution in [2.24, 2.45) is 5.73 Å². The topological polar surface area (TPSA) is 66.9 Å². The summed E-state index contributed by atoms with van der Waals surface area (Å²) in [5.74, 6) is -0.275. The van der Waals surface area contributed by atoms with Crippen LogP contribution in [0.4, 0.5) is 0 Å². The molecule has 0 saturated carbocycles. The summed E-state index contributed by atoms with van der Waals surface area (Å²) in [4.78, 5) is 10.8. The first kappa shape index (κ1) is 9.18. The molecule has 0 aliphatic carbocycles. The number of hydrogen-bond acceptors (Lipinski definition) is 3. The average Bonchev–Trinajstić information content (AvgIpc) is 1.88. The smallest absolute Gasteiger partial charge is 0.185 e. The van der Waals surface area contributed by atoms with Gasteiger partial charge < -0.3 is 5.73 Å². The predicted molar refractivity (Wildman–Crippen MR) is 41.3 cm³/mol. The lowest BCUT2D eigenvalue weighted by molar-refractivity contribution is -0.112. The van der Waals surface area contributed by atoms with Gasteiger partial charge in [-0.05, 0) is 6.92 Å². The number of allylic oxidation sites excluding steroid dienone is 2. The maximum atomic E-state index is 10.8. The molecule has 0 aliphatic heterocycles. The van der Waals surface area contributed by atoms with Crippen molar-refractivity contribution in [3.63, 3.8) is 0 Å². The van der Waals surface area contributed by atoms with Crippen molar-refractivity contribution >= 4 is 21.7 Å². The van der Waals surface area contributed by atoms with Gasteiger partial charge in [-0.25, -0.2) is 0 Å². The molecule has 0 aliphatic rings. The van der Waals surface area contributed by atoms with Crippen molar-refractivity contribution < 1.29 is 4.79 Å². The molecule has 0 unspecified atom stereocenters. The number of nitrogens with zero attached hydrogens (tertiary/aromatic N) is 1. The average molecular weight is 203 g/mol. The second kappa shape index (κ2) is 4.07. The van der Waals surface area contributed by atoms with Crippen LogP contribution in [0.3, 0.4) is 0 Å². The molecule has 0 spiro atoms. The van der Waals surface area contributed by atoms with Crippen LogP contribution in [0.2, 0.25) is 0 Å². The quantitative estimate of drug-likeness (QED) is 0.408. The fraction of sp³-hybridized carbons (Fsp3) is 0.333. The van der Waals surface area contributed by atoms with Gasteiger partial charge in [0.25, 0.3) is 0 Å². The standard InChI is InChI=1S/C6H7BrN2O/c1-4(9)5(3-8)6(10)2-7/h2,9H2,1H3/b5-4+. The van der Waals surface area contributed by atoms with Crippen molar-refractivity contribution in [1.29, 1.82) is 5.26 Å². The Kier molecular flexibility index (Phi) is 3.74. The van der Waals surface area contributed by atoms with E-state index in [-0.39, 0.29) is 22.4 Å². The van der Waals surface area contributed by atoms with E-state index >= 15 is 0 Å². The van der Waals surface area contributed by atoms with Gasteiger partial charge in [0.2, 0.25) is 0 Å². The molecule has 10 heavy (non-hydrogen) atoms. The van der Waals surface area contributed by atoms with Crippen LogP contribution in [-0.4, -0.2) is 11.1 Å². The minimum absolute atomic E-state index is 0.0388. The van der Waals surface area contributed by atoms with Gasteiger partial charge >= 0.3 is 0 Å². The molecule has 54 valence electrons. The highest BCUT2D eigenvalue weighted by Gasteiger charge is 2.08. The zero-order chi connectivity index (χ0) is 8.15. The Hall–Kier alpha value is -0.820. The van der Waals surface area contributed by atoms with Crippen LogP contribution in [0.1, 0.15) is 6.92 Å². The minimum Gasteiger partial charge on any atom is -0.401 e. The van der Waals surface area contributed by atoms with E-state index in [2.05, 4.69) is 15.9 Å². The van der Waals surface area contributed by atoms with Gasteiger partial charge in [0, 0.05) is 5.70 Å². The monoisotopic (exact) mass is 202 g/mol. The normalized spacial score (nSPS) is 11.7. The SMILES string of the molecule is C/C(N)=C(/C#N)C(=O)CBr. The summed E-state index contributed by atoms with van der Waals surface area (Å²) in [6, 6.07) is 1.73. The molecule has 0 fully saturated rings. The molecule has 0 aromatic rings. The lowest BCUT2D eigenvalue weighted by Gasteiger charge is -1.94. The number of nitrogens with two attached hydrogens (primary N) is 1. The van der Waals surface area contributed by atoms with Crippen molar-refractivity contribution in [3.05, 3.63) is 11.3 Å². The van der Waals surface area contributed by atoms with Crippen LogP contribution in [-0.2, 0) is 4.79 Å². The van der Waals surface area contributed by atoms with E-state index in [0.717, 1.165) is 0 Å². The van der Waals surface area contributed by atoms with Gasteiger partial charge in [0.05, 0.1) is 5.33 Å². The molecule has 0 aromatic heterocycles. The Balaban J connectivity index is 4.59. The van der Waals surface area contributed by atoms with Crippen LogP contribution >= 0.6 is 15.9 Å². The van der Waals surface area contributed by atoms with Crippen molar-refractivity contribution in [3.8, 4) is 6.07 Å². The fourth-order valence-electron chi connectivity index (χ4n) is 0.437. The molecule has 2 N–H and O–H groups in total. The summed E-state index contributed by atoms with van der Waals surface area (Å²) in [7, 11) is 0. The maximum absolute atomic E-state index is 10.8. The highest BCUT2D eigenvalue weighted by atomic mass is 79.9. The van der Waals surface area contributed by atoms with Crippen molar-refractivity contribution in [2.45, 2.75) is 6.92 Å². The first-order valence-electron chi connectivity index (χ1n) is 2.59. The molecule has 0 radical (unpaired) electrons. The number of nitriles is 1. The zero-order valence-electron chi connectivity index (χ0n) is 5.52. The highest BCUT2D eigenvalue weighted by Crippen LogP contribution is 2.00. The van der Waals surface area contributed by atoms with E-state index in [1.54, 1.807) is 6.07 Å². The lowest BCUT2D eigenvalue weighted by atomic mass is 10.2. The highest BCUT2D eigenvalue weighted by molar-refractivity contribution is 9.09. The molecular formula is C6H7BrN2O. The Bertz CT molecular complexity index is 210. The van der Waals surface area contributed by atoms with Gasteiger partial charge in [-0.1, -0.05) is 15.9 Å². The van der Waals surface area contributed by atoms with Crippen LogP contribution < -0.4 is 5.73 Å². The van der Waals surface area contributed by atoms with E-state index < -0.39 is 0 Å². The third-order valence-corrected chi connectivity index (χ3v) is 1.42. The number of Topliss-reactive ketones (excluding diaryl/α,β-unsaturated/α-hetero) is 1. The number of alkyl halides is 1. The number of carbonyl (C=O) groups is 1. The Morgan fingerprint density at radius 2 is 2.30 bits per heavy atom. The molecule has 0 saturated heterocycles. The second-order valence-corrected chi connectivity index (χ2v) is 2.29. The van der Waals surface area contributed by atoms with Crippen LogP contribution in [0.5, 0.6) is 0 Å². The predicted octanol–water partition coefficient (Wildman–Crippen LogP) is 0.707. The van der Waals surface area contributed by atoms with Gasteiger partial charge in [0.15, 0.2) is 5.78 Å². The molecule has 0 bridgehead atoms. The van der Waals surface area contributed by atoms with Gasteiger partial charge in [0.1, 0.15) is 11.6 Å². The van der Waals surface area contributed by atoms with E-state index in [0.29, 0.717) is 0 Å². The van der Waals surface area contributed by atoms with Gasteiger partial charge in [-0.3, -0.25) is 4.79 Å². The number of carbonyl (C=O) groups excluding carboxylic acids is 1. The first-order chi connectivity index (χ1) is 4.63. The number of ketones is 1. The van der Waals surface area contributed by atoms with E-state index in [4.69, 9.17) is 11.0 Å². The number of hydrogen-bond donors (Lipinski definition) is 1. The summed E-state index contributed by atoms with van der Waals surface area (Å²) < 4.78 is 0. The van der Waals surface area contributed by atoms with E-state index in [1.807, 2.05) is 0 Å². The molecule has 0 atom stereocenters. The summed E-state index contributed by atoms with van der Waals surface area (Å²) in [6.45, 7) is 1.53. The van der Waals surface area contributed by atoms with Gasteiger partial charge in [-0.15, -0.1) is 0 Å². The molecular weight excluding hydrogens is 196 g/mol. The third-order valence-electron chi connectivity index (χ3n) is 0.906. The Morgan fingerprint density at radius 3 is 2.40 bits per heavy atom. The van der Waals surface area contributed by atoms with E-state index in [1.165, 1.54) is 6.92 Å². The lowest BCUT2D eigenvalue weighted by Crippen LogP contribution is -2.08. The Labute approximate surface area is 67.6 Å². The van der Waals surface area contributed by atoms with Crippen molar-refractivity contribution in [2.75, 3.05) is 5.33 Å². The summed E-state index contributed by atoms with van der Waals surface area (Å²) in [5.41, 5.74) is 5.55.